The van der Waals surface area contributed by atoms with Crippen molar-refractivity contribution in [3.63, 3.8) is 0 Å². The number of nitrogens with zero attached hydrogens (tertiary/aromatic N) is 1. The van der Waals surface area contributed by atoms with Gasteiger partial charge in [-0.2, -0.15) is 13.2 Å². The summed E-state index contributed by atoms with van der Waals surface area (Å²) in [4.78, 5) is 12.4. The summed E-state index contributed by atoms with van der Waals surface area (Å²) in [7, 11) is 0. The van der Waals surface area contributed by atoms with Gasteiger partial charge in [0.2, 0.25) is 0 Å². The molecule has 0 bridgehead atoms. The average Bonchev–Trinajstić information content (AvgIpc) is 2.91. The molecule has 2 aromatic carbocycles. The van der Waals surface area contributed by atoms with E-state index in [1.807, 2.05) is 29.2 Å². The highest BCUT2D eigenvalue weighted by Crippen LogP contribution is 2.41. The smallest absolute Gasteiger partial charge is 0.347 e. The van der Waals surface area contributed by atoms with Gasteiger partial charge >= 0.3 is 6.18 Å². The molecule has 2 nitrogen and oxygen atoms in total. The first-order valence-electron chi connectivity index (χ1n) is 7.15. The molecule has 0 saturated carbocycles. The zero-order valence-corrected chi connectivity index (χ0v) is 12.1. The van der Waals surface area contributed by atoms with Crippen LogP contribution in [0.2, 0.25) is 0 Å². The first kappa shape index (κ1) is 15.3. The molecular weight excluding hydrogens is 303 g/mol. The molecule has 0 unspecified atom stereocenters. The number of para-hydroxylation sites is 1. The number of carbonyl (C=O) groups excluding carboxylic acids is 1. The van der Waals surface area contributed by atoms with Gasteiger partial charge in [-0.1, -0.05) is 36.4 Å². The third kappa shape index (κ3) is 2.99. The molecular formula is C18H14F3NO. The fraction of sp³-hybridized carbons (Fsp3) is 0.167. The molecule has 0 spiro atoms. The fourth-order valence-electron chi connectivity index (χ4n) is 2.93. The molecule has 1 heterocycles. The topological polar surface area (TPSA) is 20.3 Å². The minimum Gasteiger partial charge on any atom is -0.347 e. The first-order valence-corrected chi connectivity index (χ1v) is 7.15. The van der Waals surface area contributed by atoms with E-state index in [9.17, 15) is 18.0 Å². The van der Waals surface area contributed by atoms with E-state index >= 15 is 0 Å². The van der Waals surface area contributed by atoms with Gasteiger partial charge in [0.15, 0.2) is 0 Å². The Morgan fingerprint density at radius 2 is 1.87 bits per heavy atom. The Kier molecular flexibility index (Phi) is 3.94. The highest BCUT2D eigenvalue weighted by molar-refractivity contribution is 5.69. The minimum absolute atomic E-state index is 0.162. The van der Waals surface area contributed by atoms with Crippen molar-refractivity contribution in [1.29, 1.82) is 0 Å². The molecule has 0 aliphatic carbocycles. The van der Waals surface area contributed by atoms with Crippen molar-refractivity contribution >= 4 is 12.0 Å². The van der Waals surface area contributed by atoms with Crippen LogP contribution in [0.3, 0.4) is 0 Å². The van der Waals surface area contributed by atoms with Crippen LogP contribution in [-0.4, -0.2) is 12.8 Å². The maximum Gasteiger partial charge on any atom is 0.416 e. The van der Waals surface area contributed by atoms with Crippen LogP contribution in [0.25, 0.3) is 0 Å². The number of hydrogen-bond acceptors (Lipinski definition) is 2. The third-order valence-electron chi connectivity index (χ3n) is 3.96. The molecule has 0 amide bonds. The number of aldehydes is 1. The Bertz CT molecular complexity index is 752. The molecule has 1 atom stereocenters. The molecule has 118 valence electrons. The van der Waals surface area contributed by atoms with Crippen molar-refractivity contribution in [2.24, 2.45) is 0 Å². The maximum absolute atomic E-state index is 12.9. The van der Waals surface area contributed by atoms with E-state index in [1.54, 1.807) is 12.3 Å². The van der Waals surface area contributed by atoms with Crippen LogP contribution < -0.4 is 4.90 Å². The van der Waals surface area contributed by atoms with Gasteiger partial charge < -0.3 is 4.90 Å². The molecule has 2 aromatic rings. The van der Waals surface area contributed by atoms with Crippen molar-refractivity contribution in [3.05, 3.63) is 77.5 Å². The zero-order chi connectivity index (χ0) is 16.4. The van der Waals surface area contributed by atoms with Crippen LogP contribution in [0.15, 0.2) is 60.8 Å². The van der Waals surface area contributed by atoms with Crippen LogP contribution >= 0.6 is 0 Å². The Morgan fingerprint density at radius 1 is 1.09 bits per heavy atom. The maximum atomic E-state index is 12.9. The summed E-state index contributed by atoms with van der Waals surface area (Å²) < 4.78 is 38.8. The summed E-state index contributed by atoms with van der Waals surface area (Å²) in [6, 6.07) is 13.0. The quantitative estimate of drug-likeness (QED) is 0.619. The van der Waals surface area contributed by atoms with Crippen LogP contribution in [0.5, 0.6) is 0 Å². The van der Waals surface area contributed by atoms with E-state index in [0.717, 1.165) is 17.3 Å². The number of halogens is 3. The van der Waals surface area contributed by atoms with Gasteiger partial charge in [0, 0.05) is 24.4 Å². The highest BCUT2D eigenvalue weighted by atomic mass is 19.4. The molecule has 5 heteroatoms. The van der Waals surface area contributed by atoms with E-state index in [2.05, 4.69) is 0 Å². The lowest BCUT2D eigenvalue weighted by Gasteiger charge is -2.15. The largest absolute Gasteiger partial charge is 0.416 e. The summed E-state index contributed by atoms with van der Waals surface area (Å²) >= 11 is 0. The number of fused-ring (bicyclic) bond motifs is 1. The first-order chi connectivity index (χ1) is 11.0. The summed E-state index contributed by atoms with van der Waals surface area (Å²) in [5, 5.41) is 0. The van der Waals surface area contributed by atoms with Gasteiger partial charge in [0.1, 0.15) is 6.29 Å². The van der Waals surface area contributed by atoms with Gasteiger partial charge in [0.25, 0.3) is 0 Å². The van der Waals surface area contributed by atoms with Crippen LogP contribution in [0.1, 0.15) is 22.6 Å². The molecule has 3 rings (SSSR count). The number of carbonyl (C=O) groups is 1. The molecule has 0 fully saturated rings. The number of rotatable bonds is 3. The molecule has 0 aromatic heterocycles. The molecule has 1 aliphatic rings. The van der Waals surface area contributed by atoms with Crippen LogP contribution in [0, 0.1) is 0 Å². The lowest BCUT2D eigenvalue weighted by atomic mass is 9.92. The Morgan fingerprint density at radius 3 is 2.61 bits per heavy atom. The fourth-order valence-corrected chi connectivity index (χ4v) is 2.93. The van der Waals surface area contributed by atoms with Crippen LogP contribution in [-0.2, 0) is 11.0 Å². The van der Waals surface area contributed by atoms with E-state index < -0.39 is 11.7 Å². The van der Waals surface area contributed by atoms with Crippen molar-refractivity contribution in [2.45, 2.75) is 12.1 Å². The molecule has 0 N–H and O–H groups in total. The lowest BCUT2D eigenvalue weighted by molar-refractivity contribution is -0.137. The summed E-state index contributed by atoms with van der Waals surface area (Å²) in [5.41, 5.74) is 1.85. The number of alkyl halides is 3. The second-order valence-corrected chi connectivity index (χ2v) is 5.36. The Balaban J connectivity index is 2.01. The van der Waals surface area contributed by atoms with Crippen molar-refractivity contribution in [3.8, 4) is 0 Å². The van der Waals surface area contributed by atoms with Crippen molar-refractivity contribution < 1.29 is 18.0 Å². The molecule has 23 heavy (non-hydrogen) atoms. The van der Waals surface area contributed by atoms with E-state index in [-0.39, 0.29) is 5.92 Å². The van der Waals surface area contributed by atoms with E-state index in [1.165, 1.54) is 18.2 Å². The Labute approximate surface area is 131 Å². The second-order valence-electron chi connectivity index (χ2n) is 5.36. The number of hydrogen-bond donors (Lipinski definition) is 0. The lowest BCUT2D eigenvalue weighted by Crippen LogP contribution is -2.15. The number of anilines is 1. The van der Waals surface area contributed by atoms with Crippen LogP contribution in [0.4, 0.5) is 18.9 Å². The van der Waals surface area contributed by atoms with Crippen molar-refractivity contribution in [1.82, 2.24) is 0 Å². The van der Waals surface area contributed by atoms with E-state index in [0.29, 0.717) is 18.4 Å². The van der Waals surface area contributed by atoms with Gasteiger partial charge in [-0.25, -0.2) is 0 Å². The summed E-state index contributed by atoms with van der Waals surface area (Å²) in [6.45, 7) is 0.505. The zero-order valence-electron chi connectivity index (χ0n) is 12.1. The minimum atomic E-state index is -4.36. The number of allylic oxidation sites excluding steroid dienone is 1. The standard InChI is InChI=1S/C18H14F3NO/c19-18(20,21)14-6-3-5-13(11-14)16-12-22(9-4-10-23)17-8-2-1-7-15(16)17/h1-11,16H,12H2/t16-/m1/s1. The summed E-state index contributed by atoms with van der Waals surface area (Å²) in [5.74, 6) is -0.162. The normalized spacial score (nSPS) is 17.5. The monoisotopic (exact) mass is 317 g/mol. The second kappa shape index (κ2) is 5.91. The van der Waals surface area contributed by atoms with Gasteiger partial charge in [-0.15, -0.1) is 0 Å². The number of benzene rings is 2. The average molecular weight is 317 g/mol. The third-order valence-corrected chi connectivity index (χ3v) is 3.96. The van der Waals surface area contributed by atoms with E-state index in [4.69, 9.17) is 0 Å². The van der Waals surface area contributed by atoms with Gasteiger partial charge in [0.05, 0.1) is 5.56 Å². The molecule has 0 saturated heterocycles. The van der Waals surface area contributed by atoms with Crippen molar-refractivity contribution in [2.75, 3.05) is 11.4 Å². The van der Waals surface area contributed by atoms with Gasteiger partial charge in [-0.05, 0) is 29.3 Å². The predicted octanol–water partition coefficient (Wildman–Crippen LogP) is 4.37. The summed E-state index contributed by atoms with van der Waals surface area (Å²) in [6.07, 6.45) is -0.643. The molecule has 0 radical (unpaired) electrons. The predicted molar refractivity (Wildman–Crippen MR) is 82.3 cm³/mol. The van der Waals surface area contributed by atoms with Gasteiger partial charge in [-0.3, -0.25) is 4.79 Å². The SMILES string of the molecule is O=CC=CN1C[C@H](c2cccc(C(F)(F)F)c2)c2ccccc21. The Hall–Kier alpha value is -2.56. The highest BCUT2D eigenvalue weighted by Gasteiger charge is 2.33. The molecule has 1 aliphatic heterocycles.